The molecule has 0 aliphatic carbocycles. The molecule has 0 amide bonds. The van der Waals surface area contributed by atoms with Crippen LogP contribution in [0.1, 0.15) is 0 Å². The lowest BCUT2D eigenvalue weighted by atomic mass is 10.3. The number of rotatable bonds is 6. The van der Waals surface area contributed by atoms with Crippen LogP contribution in [0.15, 0.2) is 36.5 Å². The van der Waals surface area contributed by atoms with E-state index in [1.165, 1.54) is 13.3 Å². The Morgan fingerprint density at radius 1 is 1.26 bits per heavy atom. The topological polar surface area (TPSA) is 56.3 Å². The van der Waals surface area contributed by atoms with Gasteiger partial charge in [0.05, 0.1) is 19.9 Å². The Bertz CT molecular complexity index is 523. The SMILES string of the molecule is COc1ncc(Cl)c(NCCOc2ccccc2)n1. The lowest BCUT2D eigenvalue weighted by molar-refractivity contribution is 0.332. The zero-order valence-corrected chi connectivity index (χ0v) is 11.2. The van der Waals surface area contributed by atoms with Crippen molar-refractivity contribution >= 4 is 17.4 Å². The quantitative estimate of drug-likeness (QED) is 0.824. The molecule has 2 rings (SSSR count). The Hall–Kier alpha value is -2.01. The van der Waals surface area contributed by atoms with Crippen LogP contribution in [-0.4, -0.2) is 30.2 Å². The van der Waals surface area contributed by atoms with Crippen LogP contribution in [0.5, 0.6) is 11.8 Å². The van der Waals surface area contributed by atoms with Gasteiger partial charge in [-0.2, -0.15) is 4.98 Å². The third kappa shape index (κ3) is 3.99. The molecule has 0 spiro atoms. The predicted octanol–water partition coefficient (Wildman–Crippen LogP) is 2.63. The third-order valence-electron chi connectivity index (χ3n) is 2.31. The summed E-state index contributed by atoms with van der Waals surface area (Å²) >= 11 is 5.97. The van der Waals surface area contributed by atoms with Crippen LogP contribution in [0.2, 0.25) is 5.02 Å². The first-order valence-electron chi connectivity index (χ1n) is 5.78. The van der Waals surface area contributed by atoms with E-state index >= 15 is 0 Å². The molecule has 0 saturated heterocycles. The first-order chi connectivity index (χ1) is 9.29. The van der Waals surface area contributed by atoms with Gasteiger partial charge in [-0.05, 0) is 12.1 Å². The molecule has 2 aromatic rings. The highest BCUT2D eigenvalue weighted by Gasteiger charge is 2.04. The van der Waals surface area contributed by atoms with E-state index in [4.69, 9.17) is 21.1 Å². The maximum Gasteiger partial charge on any atom is 0.318 e. The Labute approximate surface area is 116 Å². The fourth-order valence-corrected chi connectivity index (χ4v) is 1.59. The van der Waals surface area contributed by atoms with Gasteiger partial charge in [0.1, 0.15) is 17.4 Å². The Kier molecular flexibility index (Phi) is 4.80. The molecule has 0 radical (unpaired) electrons. The van der Waals surface area contributed by atoms with Gasteiger partial charge in [0.25, 0.3) is 0 Å². The zero-order valence-electron chi connectivity index (χ0n) is 10.5. The number of methoxy groups -OCH3 is 1. The lowest BCUT2D eigenvalue weighted by Crippen LogP contribution is -2.13. The van der Waals surface area contributed by atoms with Crippen LogP contribution in [0.4, 0.5) is 5.82 Å². The van der Waals surface area contributed by atoms with Crippen molar-refractivity contribution < 1.29 is 9.47 Å². The Morgan fingerprint density at radius 2 is 2.05 bits per heavy atom. The highest BCUT2D eigenvalue weighted by atomic mass is 35.5. The van der Waals surface area contributed by atoms with Crippen LogP contribution in [0.25, 0.3) is 0 Å². The molecule has 0 fully saturated rings. The van der Waals surface area contributed by atoms with Gasteiger partial charge in [-0.1, -0.05) is 29.8 Å². The fourth-order valence-electron chi connectivity index (χ4n) is 1.43. The minimum Gasteiger partial charge on any atom is -0.492 e. The van der Waals surface area contributed by atoms with Crippen molar-refractivity contribution in [2.45, 2.75) is 0 Å². The van der Waals surface area contributed by atoms with Crippen LogP contribution in [0.3, 0.4) is 0 Å². The maximum absolute atomic E-state index is 5.97. The molecule has 0 unspecified atom stereocenters. The number of anilines is 1. The van der Waals surface area contributed by atoms with Gasteiger partial charge in [0, 0.05) is 0 Å². The summed E-state index contributed by atoms with van der Waals surface area (Å²) in [5, 5.41) is 3.51. The predicted molar refractivity (Wildman–Crippen MR) is 74.0 cm³/mol. The molecule has 0 atom stereocenters. The van der Waals surface area contributed by atoms with Gasteiger partial charge >= 0.3 is 6.01 Å². The molecule has 100 valence electrons. The van der Waals surface area contributed by atoms with Crippen molar-refractivity contribution in [2.24, 2.45) is 0 Å². The summed E-state index contributed by atoms with van der Waals surface area (Å²) in [7, 11) is 1.51. The Morgan fingerprint density at radius 3 is 2.79 bits per heavy atom. The lowest BCUT2D eigenvalue weighted by Gasteiger charge is -2.09. The summed E-state index contributed by atoms with van der Waals surface area (Å²) in [5.74, 6) is 1.36. The highest BCUT2D eigenvalue weighted by molar-refractivity contribution is 6.32. The van der Waals surface area contributed by atoms with Crippen molar-refractivity contribution in [1.29, 1.82) is 0 Å². The third-order valence-corrected chi connectivity index (χ3v) is 2.59. The van der Waals surface area contributed by atoms with Crippen molar-refractivity contribution in [3.8, 4) is 11.8 Å². The summed E-state index contributed by atoms with van der Waals surface area (Å²) in [6.07, 6.45) is 1.49. The van der Waals surface area contributed by atoms with Crippen LogP contribution in [0, 0.1) is 0 Å². The second kappa shape index (κ2) is 6.80. The summed E-state index contributed by atoms with van der Waals surface area (Å²) < 4.78 is 10.5. The number of halogens is 1. The molecule has 0 bridgehead atoms. The molecule has 0 saturated carbocycles. The van der Waals surface area contributed by atoms with E-state index in [1.54, 1.807) is 0 Å². The van der Waals surface area contributed by atoms with Crippen LogP contribution < -0.4 is 14.8 Å². The molecule has 6 heteroatoms. The molecule has 0 aliphatic heterocycles. The smallest absolute Gasteiger partial charge is 0.318 e. The van der Waals surface area contributed by atoms with E-state index in [-0.39, 0.29) is 6.01 Å². The number of hydrogen-bond donors (Lipinski definition) is 1. The van der Waals surface area contributed by atoms with Crippen molar-refractivity contribution in [1.82, 2.24) is 9.97 Å². The minimum absolute atomic E-state index is 0.274. The number of ether oxygens (including phenoxy) is 2. The van der Waals surface area contributed by atoms with E-state index in [2.05, 4.69) is 15.3 Å². The second-order valence-corrected chi connectivity index (χ2v) is 4.05. The van der Waals surface area contributed by atoms with Crippen molar-refractivity contribution in [3.63, 3.8) is 0 Å². The van der Waals surface area contributed by atoms with Gasteiger partial charge in [-0.25, -0.2) is 4.98 Å². The first-order valence-corrected chi connectivity index (χ1v) is 6.15. The van der Waals surface area contributed by atoms with E-state index < -0.39 is 0 Å². The van der Waals surface area contributed by atoms with E-state index in [1.807, 2.05) is 30.3 Å². The number of aromatic nitrogens is 2. The van der Waals surface area contributed by atoms with Crippen molar-refractivity contribution in [2.75, 3.05) is 25.6 Å². The van der Waals surface area contributed by atoms with Gasteiger partial charge in [-0.3, -0.25) is 0 Å². The van der Waals surface area contributed by atoms with E-state index in [0.29, 0.717) is 24.0 Å². The minimum atomic E-state index is 0.274. The van der Waals surface area contributed by atoms with Gasteiger partial charge in [-0.15, -0.1) is 0 Å². The number of nitrogens with zero attached hydrogens (tertiary/aromatic N) is 2. The largest absolute Gasteiger partial charge is 0.492 e. The molecule has 0 aliphatic rings. The molecular weight excluding hydrogens is 266 g/mol. The zero-order chi connectivity index (χ0) is 13.5. The fraction of sp³-hybridized carbons (Fsp3) is 0.231. The maximum atomic E-state index is 5.97. The highest BCUT2D eigenvalue weighted by Crippen LogP contribution is 2.19. The number of hydrogen-bond acceptors (Lipinski definition) is 5. The molecule has 1 aromatic heterocycles. The van der Waals surface area contributed by atoms with Crippen LogP contribution >= 0.6 is 11.6 Å². The Balaban J connectivity index is 1.82. The number of para-hydroxylation sites is 1. The van der Waals surface area contributed by atoms with Crippen molar-refractivity contribution in [3.05, 3.63) is 41.6 Å². The summed E-state index contributed by atoms with van der Waals surface area (Å²) in [4.78, 5) is 8.00. The van der Waals surface area contributed by atoms with Gasteiger partial charge < -0.3 is 14.8 Å². The van der Waals surface area contributed by atoms with Crippen LogP contribution in [-0.2, 0) is 0 Å². The molecular formula is C13H14ClN3O2. The number of nitrogens with one attached hydrogen (secondary N) is 1. The normalized spacial score (nSPS) is 10.0. The molecule has 5 nitrogen and oxygen atoms in total. The number of benzene rings is 1. The monoisotopic (exact) mass is 279 g/mol. The van der Waals surface area contributed by atoms with Gasteiger partial charge in [0.15, 0.2) is 5.82 Å². The molecule has 1 N–H and O–H groups in total. The van der Waals surface area contributed by atoms with E-state index in [0.717, 1.165) is 5.75 Å². The standard InChI is InChI=1S/C13H14ClN3O2/c1-18-13-16-9-11(14)12(17-13)15-7-8-19-10-5-3-2-4-6-10/h2-6,9H,7-8H2,1H3,(H,15,16,17). The molecule has 1 aromatic carbocycles. The molecule has 1 heterocycles. The first kappa shape index (κ1) is 13.4. The summed E-state index contributed by atoms with van der Waals surface area (Å²) in [6, 6.07) is 9.87. The molecule has 19 heavy (non-hydrogen) atoms. The average Bonchev–Trinajstić information content (AvgIpc) is 2.46. The summed E-state index contributed by atoms with van der Waals surface area (Å²) in [6.45, 7) is 1.08. The summed E-state index contributed by atoms with van der Waals surface area (Å²) in [5.41, 5.74) is 0. The van der Waals surface area contributed by atoms with Gasteiger partial charge in [0.2, 0.25) is 0 Å². The van der Waals surface area contributed by atoms with E-state index in [9.17, 15) is 0 Å². The second-order valence-electron chi connectivity index (χ2n) is 3.64. The average molecular weight is 280 g/mol.